The van der Waals surface area contributed by atoms with Crippen LogP contribution in [0.3, 0.4) is 0 Å². The fraction of sp³-hybridized carbons (Fsp3) is 0.417. The third kappa shape index (κ3) is 4.73. The molecule has 1 aromatic heterocycles. The van der Waals surface area contributed by atoms with Crippen LogP contribution in [0.4, 0.5) is 19.3 Å². The van der Waals surface area contributed by atoms with Crippen molar-refractivity contribution in [2.75, 3.05) is 26.1 Å². The number of methoxy groups -OCH3 is 1. The lowest BCUT2D eigenvalue weighted by atomic mass is 9.93. The third-order valence-corrected chi connectivity index (χ3v) is 6.32. The van der Waals surface area contributed by atoms with Crippen molar-refractivity contribution < 1.29 is 23.4 Å². The number of anilines is 1. The van der Waals surface area contributed by atoms with Crippen LogP contribution in [0.5, 0.6) is 5.75 Å². The summed E-state index contributed by atoms with van der Waals surface area (Å²) >= 11 is 0. The lowest BCUT2D eigenvalue weighted by Crippen LogP contribution is -2.47. The van der Waals surface area contributed by atoms with Gasteiger partial charge in [0.15, 0.2) is 11.6 Å². The Bertz CT molecular complexity index is 1280. The smallest absolute Gasteiger partial charge is 0.377 e. The molecule has 1 N–H and O–H groups in total. The van der Waals surface area contributed by atoms with Gasteiger partial charge in [0, 0.05) is 17.3 Å². The summed E-state index contributed by atoms with van der Waals surface area (Å²) < 4.78 is 34.9. The van der Waals surface area contributed by atoms with Crippen LogP contribution < -0.4 is 15.3 Å². The Kier molecular flexibility index (Phi) is 7.45. The van der Waals surface area contributed by atoms with Crippen LogP contribution in [0.2, 0.25) is 0 Å². The maximum Gasteiger partial charge on any atom is 0.377 e. The average Bonchev–Trinajstić information content (AvgIpc) is 3.25. The summed E-state index contributed by atoms with van der Waals surface area (Å²) in [5, 5.41) is 17.9. The third-order valence-electron chi connectivity index (χ3n) is 6.32. The highest BCUT2D eigenvalue weighted by molar-refractivity contribution is 5.93. The Morgan fingerprint density at radius 1 is 1.11 bits per heavy atom. The molecule has 1 amide bonds. The molecular weight excluding hydrogens is 474 g/mol. The van der Waals surface area contributed by atoms with E-state index < -0.39 is 35.3 Å². The Balaban J connectivity index is 1.81. The van der Waals surface area contributed by atoms with Crippen molar-refractivity contribution in [3.8, 4) is 11.4 Å². The molecule has 36 heavy (non-hydrogen) atoms. The molecule has 0 bridgehead atoms. The van der Waals surface area contributed by atoms with E-state index in [1.165, 1.54) is 12.0 Å². The standard InChI is InChI=1S/C24H28F2N6O4/c1-29(2)22(33)17-14-16(12-13-20(17)36-3)30(15-8-5-4-6-9-15)23(34)32-24(35)31(27-28-32)21-18(25)10-7-11-19(21)26/h7,10-15,22,33H,4-6,8-9H2,1-3H3. The fourth-order valence-corrected chi connectivity index (χ4v) is 4.47. The number of aliphatic hydroxyl groups excluding tert-OH is 1. The van der Waals surface area contributed by atoms with Gasteiger partial charge in [-0.15, -0.1) is 4.68 Å². The molecule has 10 nitrogen and oxygen atoms in total. The lowest BCUT2D eigenvalue weighted by Gasteiger charge is -2.34. The van der Waals surface area contributed by atoms with Crippen LogP contribution in [0.1, 0.15) is 43.9 Å². The van der Waals surface area contributed by atoms with Crippen molar-refractivity contribution in [2.45, 2.75) is 44.4 Å². The number of halogens is 2. The average molecular weight is 503 g/mol. The number of rotatable bonds is 6. The molecule has 0 aliphatic heterocycles. The second-order valence-corrected chi connectivity index (χ2v) is 8.86. The van der Waals surface area contributed by atoms with Gasteiger partial charge in [-0.3, -0.25) is 9.80 Å². The van der Waals surface area contributed by atoms with Crippen LogP contribution >= 0.6 is 0 Å². The summed E-state index contributed by atoms with van der Waals surface area (Å²) in [5.74, 6) is -1.61. The minimum atomic E-state index is -1.10. The van der Waals surface area contributed by atoms with E-state index in [0.717, 1.165) is 37.5 Å². The van der Waals surface area contributed by atoms with E-state index in [2.05, 4.69) is 10.4 Å². The number of carbonyl (C=O) groups is 1. The van der Waals surface area contributed by atoms with Crippen molar-refractivity contribution in [2.24, 2.45) is 0 Å². The molecule has 4 rings (SSSR count). The van der Waals surface area contributed by atoms with E-state index in [9.17, 15) is 23.5 Å². The second kappa shape index (κ2) is 10.5. The zero-order valence-corrected chi connectivity index (χ0v) is 20.3. The summed E-state index contributed by atoms with van der Waals surface area (Å²) in [6, 6.07) is 6.96. The predicted molar refractivity (Wildman–Crippen MR) is 127 cm³/mol. The van der Waals surface area contributed by atoms with Crippen LogP contribution in [-0.2, 0) is 0 Å². The molecule has 3 aromatic rings. The number of tetrazole rings is 1. The molecular formula is C24H28F2N6O4. The van der Waals surface area contributed by atoms with Gasteiger partial charge in [-0.1, -0.05) is 25.3 Å². The van der Waals surface area contributed by atoms with Gasteiger partial charge in [-0.05, 0) is 67.7 Å². The Morgan fingerprint density at radius 3 is 2.39 bits per heavy atom. The molecule has 1 heterocycles. The zero-order valence-electron chi connectivity index (χ0n) is 20.3. The maximum atomic E-state index is 14.3. The minimum absolute atomic E-state index is 0.258. The molecule has 1 fully saturated rings. The Labute approximate surface area is 206 Å². The highest BCUT2D eigenvalue weighted by atomic mass is 19.1. The number of para-hydroxylation sites is 1. The van der Waals surface area contributed by atoms with Crippen molar-refractivity contribution in [3.63, 3.8) is 0 Å². The first-order chi connectivity index (χ1) is 17.2. The van der Waals surface area contributed by atoms with Gasteiger partial charge in [0.25, 0.3) is 0 Å². The van der Waals surface area contributed by atoms with Crippen molar-refractivity contribution in [1.29, 1.82) is 0 Å². The van der Waals surface area contributed by atoms with Crippen molar-refractivity contribution >= 4 is 11.7 Å². The van der Waals surface area contributed by atoms with E-state index in [-0.39, 0.29) is 6.04 Å². The molecule has 1 saturated carbocycles. The normalized spacial score (nSPS) is 15.2. The number of carbonyl (C=O) groups excluding carboxylic acids is 1. The topological polar surface area (TPSA) is 106 Å². The molecule has 1 atom stereocenters. The quantitative estimate of drug-likeness (QED) is 0.408. The fourth-order valence-electron chi connectivity index (χ4n) is 4.47. The van der Waals surface area contributed by atoms with Gasteiger partial charge in [0.05, 0.1) is 7.11 Å². The first-order valence-corrected chi connectivity index (χ1v) is 11.6. The number of nitrogens with zero attached hydrogens (tertiary/aromatic N) is 6. The van der Waals surface area contributed by atoms with Crippen LogP contribution in [0, 0.1) is 11.6 Å². The van der Waals surface area contributed by atoms with Gasteiger partial charge >= 0.3 is 11.7 Å². The number of hydrogen-bond donors (Lipinski definition) is 1. The maximum absolute atomic E-state index is 14.3. The summed E-state index contributed by atoms with van der Waals surface area (Å²) in [7, 11) is 4.87. The predicted octanol–water partition coefficient (Wildman–Crippen LogP) is 3.08. The SMILES string of the molecule is COc1ccc(N(C(=O)n2nnn(-c3c(F)cccc3F)c2=O)C2CCCCC2)cc1C(O)N(C)C. The van der Waals surface area contributed by atoms with Crippen molar-refractivity contribution in [3.05, 3.63) is 64.1 Å². The molecule has 1 unspecified atom stereocenters. The summed E-state index contributed by atoms with van der Waals surface area (Å²) in [4.78, 5) is 29.8. The summed E-state index contributed by atoms with van der Waals surface area (Å²) in [6.07, 6.45) is 3.16. The number of ether oxygens (including phenoxy) is 1. The minimum Gasteiger partial charge on any atom is -0.496 e. The van der Waals surface area contributed by atoms with Gasteiger partial charge in [-0.2, -0.15) is 4.68 Å². The Morgan fingerprint density at radius 2 is 1.78 bits per heavy atom. The largest absolute Gasteiger partial charge is 0.496 e. The van der Waals surface area contributed by atoms with E-state index in [0.29, 0.717) is 39.2 Å². The lowest BCUT2D eigenvalue weighted by molar-refractivity contribution is 0.0375. The van der Waals surface area contributed by atoms with Crippen LogP contribution in [0.15, 0.2) is 41.2 Å². The van der Waals surface area contributed by atoms with E-state index in [1.807, 2.05) is 0 Å². The van der Waals surface area contributed by atoms with E-state index in [1.54, 1.807) is 37.2 Å². The van der Waals surface area contributed by atoms with Gasteiger partial charge < -0.3 is 9.84 Å². The molecule has 192 valence electrons. The van der Waals surface area contributed by atoms with Gasteiger partial charge in [0.2, 0.25) is 0 Å². The first kappa shape index (κ1) is 25.5. The van der Waals surface area contributed by atoms with Gasteiger partial charge in [0.1, 0.15) is 17.7 Å². The monoisotopic (exact) mass is 502 g/mol. The first-order valence-electron chi connectivity index (χ1n) is 11.6. The Hall–Kier alpha value is -3.64. The molecule has 0 saturated heterocycles. The van der Waals surface area contributed by atoms with E-state index in [4.69, 9.17) is 4.74 Å². The molecule has 0 radical (unpaired) electrons. The number of benzene rings is 2. The molecule has 1 aliphatic rings. The van der Waals surface area contributed by atoms with Crippen LogP contribution in [0.25, 0.3) is 5.69 Å². The summed E-state index contributed by atoms with van der Waals surface area (Å²) in [6.45, 7) is 0. The summed E-state index contributed by atoms with van der Waals surface area (Å²) in [5.41, 5.74) is -0.973. The molecule has 0 spiro atoms. The van der Waals surface area contributed by atoms with Gasteiger partial charge in [-0.25, -0.2) is 18.4 Å². The number of amides is 1. The molecule has 12 heteroatoms. The number of aliphatic hydroxyl groups is 1. The zero-order chi connectivity index (χ0) is 26.0. The second-order valence-electron chi connectivity index (χ2n) is 8.86. The molecule has 2 aromatic carbocycles. The highest BCUT2D eigenvalue weighted by Crippen LogP contribution is 2.34. The highest BCUT2D eigenvalue weighted by Gasteiger charge is 2.32. The number of hydrogen-bond acceptors (Lipinski definition) is 7. The van der Waals surface area contributed by atoms with Crippen molar-refractivity contribution in [1.82, 2.24) is 24.7 Å². The molecule has 1 aliphatic carbocycles. The van der Waals surface area contributed by atoms with Crippen LogP contribution in [-0.4, -0.2) is 63.1 Å². The number of aromatic nitrogens is 4. The van der Waals surface area contributed by atoms with E-state index >= 15 is 0 Å².